The van der Waals surface area contributed by atoms with Gasteiger partial charge in [0.2, 0.25) is 0 Å². The third-order valence-electron chi connectivity index (χ3n) is 2.63. The minimum atomic E-state index is 0.954. The first-order valence-corrected chi connectivity index (χ1v) is 5.53. The molecule has 0 aliphatic heterocycles. The zero-order chi connectivity index (χ0) is 11.0. The summed E-state index contributed by atoms with van der Waals surface area (Å²) < 4.78 is 2.90. The smallest absolute Gasteiger partial charge is 0.0821 e. The molecule has 2 aromatic heterocycles. The van der Waals surface area contributed by atoms with Crippen LogP contribution in [0.5, 0.6) is 0 Å². The van der Waals surface area contributed by atoms with E-state index in [0.29, 0.717) is 0 Å². The molecule has 0 amide bonds. The Hall–Kier alpha value is -1.16. The third-order valence-corrected chi connectivity index (χ3v) is 3.24. The van der Waals surface area contributed by atoms with Crippen LogP contribution in [0.1, 0.15) is 17.0 Å². The molecule has 0 N–H and O–H groups in total. The highest BCUT2D eigenvalue weighted by atomic mass is 79.9. The number of pyridine rings is 1. The van der Waals surface area contributed by atoms with Crippen LogP contribution in [0.3, 0.4) is 0 Å². The van der Waals surface area contributed by atoms with Crippen LogP contribution >= 0.6 is 15.9 Å². The molecule has 0 radical (unpaired) electrons. The summed E-state index contributed by atoms with van der Waals surface area (Å²) in [6.07, 6.45) is 3.55. The van der Waals surface area contributed by atoms with Crippen molar-refractivity contribution in [1.29, 1.82) is 0 Å². The van der Waals surface area contributed by atoms with Gasteiger partial charge in [0.15, 0.2) is 0 Å². The minimum Gasteiger partial charge on any atom is -0.263 e. The van der Waals surface area contributed by atoms with Crippen LogP contribution < -0.4 is 0 Å². The van der Waals surface area contributed by atoms with E-state index in [1.165, 1.54) is 11.3 Å². The van der Waals surface area contributed by atoms with E-state index in [1.54, 1.807) is 12.4 Å². The number of aromatic nitrogens is 3. The maximum absolute atomic E-state index is 4.50. The highest BCUT2D eigenvalue weighted by Gasteiger charge is 2.10. The molecule has 15 heavy (non-hydrogen) atoms. The molecule has 0 aliphatic carbocycles. The third kappa shape index (κ3) is 1.69. The predicted molar refractivity (Wildman–Crippen MR) is 63.3 cm³/mol. The van der Waals surface area contributed by atoms with E-state index in [4.69, 9.17) is 0 Å². The summed E-state index contributed by atoms with van der Waals surface area (Å²) in [5.74, 6) is 0. The predicted octanol–water partition coefficient (Wildman–Crippen LogP) is 2.96. The molecule has 0 aromatic carbocycles. The second kappa shape index (κ2) is 3.77. The van der Waals surface area contributed by atoms with Gasteiger partial charge in [-0.05, 0) is 48.3 Å². The van der Waals surface area contributed by atoms with Gasteiger partial charge in [0, 0.05) is 18.1 Å². The first-order valence-electron chi connectivity index (χ1n) is 4.74. The van der Waals surface area contributed by atoms with Crippen molar-refractivity contribution in [3.05, 3.63) is 39.9 Å². The number of aryl methyl sites for hydroxylation is 1. The van der Waals surface area contributed by atoms with E-state index in [-0.39, 0.29) is 0 Å². The number of nitrogens with zero attached hydrogens (tertiary/aromatic N) is 3. The first kappa shape index (κ1) is 10.4. The van der Waals surface area contributed by atoms with Crippen molar-refractivity contribution in [2.24, 2.45) is 0 Å². The normalized spacial score (nSPS) is 10.7. The molecule has 4 heteroatoms. The van der Waals surface area contributed by atoms with Crippen molar-refractivity contribution in [2.45, 2.75) is 20.8 Å². The summed E-state index contributed by atoms with van der Waals surface area (Å²) in [5, 5.41) is 4.50. The first-order chi connectivity index (χ1) is 7.11. The lowest BCUT2D eigenvalue weighted by Crippen LogP contribution is -2.00. The Morgan fingerprint density at radius 2 is 2.00 bits per heavy atom. The van der Waals surface area contributed by atoms with Crippen molar-refractivity contribution in [3.63, 3.8) is 0 Å². The molecule has 0 atom stereocenters. The molecule has 0 spiro atoms. The van der Waals surface area contributed by atoms with Crippen molar-refractivity contribution in [1.82, 2.24) is 14.8 Å². The Balaban J connectivity index is 2.65. The molecule has 0 fully saturated rings. The Morgan fingerprint density at radius 3 is 2.53 bits per heavy atom. The van der Waals surface area contributed by atoms with E-state index in [2.05, 4.69) is 39.9 Å². The lowest BCUT2D eigenvalue weighted by atomic mass is 10.2. The largest absolute Gasteiger partial charge is 0.263 e. The number of rotatable bonds is 1. The Kier molecular flexibility index (Phi) is 2.61. The van der Waals surface area contributed by atoms with Gasteiger partial charge in [-0.2, -0.15) is 5.10 Å². The van der Waals surface area contributed by atoms with Gasteiger partial charge in [-0.1, -0.05) is 0 Å². The number of hydrogen-bond acceptors (Lipinski definition) is 2. The maximum atomic E-state index is 4.50. The Labute approximate surface area is 97.3 Å². The fraction of sp³-hybridized carbons (Fsp3) is 0.273. The molecular weight excluding hydrogens is 254 g/mol. The summed E-state index contributed by atoms with van der Waals surface area (Å²) in [6, 6.07) is 1.95. The van der Waals surface area contributed by atoms with Crippen LogP contribution in [0.4, 0.5) is 0 Å². The van der Waals surface area contributed by atoms with E-state index < -0.39 is 0 Å². The minimum absolute atomic E-state index is 0.954. The molecule has 0 unspecified atom stereocenters. The fourth-order valence-corrected chi connectivity index (χ4v) is 1.91. The van der Waals surface area contributed by atoms with Gasteiger partial charge in [-0.25, -0.2) is 4.68 Å². The molecule has 2 aromatic rings. The standard InChI is InChI=1S/C11H12BrN3/c1-7-8(2)14-15(9(7)3)11-4-5-13-6-10(11)12/h4-6H,1-3H3. The van der Waals surface area contributed by atoms with Gasteiger partial charge in [0.1, 0.15) is 0 Å². The van der Waals surface area contributed by atoms with Crippen molar-refractivity contribution in [2.75, 3.05) is 0 Å². The summed E-state index contributed by atoms with van der Waals surface area (Å²) in [4.78, 5) is 4.04. The number of halogens is 1. The molecule has 2 rings (SSSR count). The lowest BCUT2D eigenvalue weighted by Gasteiger charge is -2.05. The second-order valence-corrected chi connectivity index (χ2v) is 4.39. The van der Waals surface area contributed by atoms with Crippen LogP contribution in [-0.4, -0.2) is 14.8 Å². The maximum Gasteiger partial charge on any atom is 0.0821 e. The van der Waals surface area contributed by atoms with E-state index in [1.807, 2.05) is 17.7 Å². The SMILES string of the molecule is Cc1nn(-c2ccncc2Br)c(C)c1C. The Bertz CT molecular complexity index is 503. The fourth-order valence-electron chi connectivity index (χ4n) is 1.49. The molecule has 0 aliphatic rings. The Morgan fingerprint density at radius 1 is 1.27 bits per heavy atom. The molecule has 0 bridgehead atoms. The van der Waals surface area contributed by atoms with Crippen LogP contribution in [0.2, 0.25) is 0 Å². The van der Waals surface area contributed by atoms with Gasteiger partial charge in [-0.15, -0.1) is 0 Å². The molecule has 78 valence electrons. The summed E-state index contributed by atoms with van der Waals surface area (Å²) in [5.41, 5.74) is 4.49. The van der Waals surface area contributed by atoms with Gasteiger partial charge >= 0.3 is 0 Å². The second-order valence-electron chi connectivity index (χ2n) is 3.53. The van der Waals surface area contributed by atoms with Crippen LogP contribution in [0.15, 0.2) is 22.9 Å². The zero-order valence-corrected chi connectivity index (χ0v) is 10.5. The molecular formula is C11H12BrN3. The highest BCUT2D eigenvalue weighted by molar-refractivity contribution is 9.10. The van der Waals surface area contributed by atoms with Crippen molar-refractivity contribution >= 4 is 15.9 Å². The average Bonchev–Trinajstić information content (AvgIpc) is 2.47. The zero-order valence-electron chi connectivity index (χ0n) is 8.95. The molecule has 0 saturated carbocycles. The summed E-state index contributed by atoms with van der Waals surface area (Å²) >= 11 is 3.48. The van der Waals surface area contributed by atoms with E-state index >= 15 is 0 Å². The van der Waals surface area contributed by atoms with Crippen LogP contribution in [0, 0.1) is 20.8 Å². The summed E-state index contributed by atoms with van der Waals surface area (Å²) in [7, 11) is 0. The van der Waals surface area contributed by atoms with Gasteiger partial charge in [0.05, 0.1) is 15.9 Å². The lowest BCUT2D eigenvalue weighted by molar-refractivity contribution is 0.827. The monoisotopic (exact) mass is 265 g/mol. The van der Waals surface area contributed by atoms with Crippen molar-refractivity contribution < 1.29 is 0 Å². The number of hydrogen-bond donors (Lipinski definition) is 0. The van der Waals surface area contributed by atoms with Crippen LogP contribution in [-0.2, 0) is 0 Å². The molecule has 2 heterocycles. The van der Waals surface area contributed by atoms with E-state index in [0.717, 1.165) is 15.9 Å². The van der Waals surface area contributed by atoms with Crippen LogP contribution in [0.25, 0.3) is 5.69 Å². The van der Waals surface area contributed by atoms with E-state index in [9.17, 15) is 0 Å². The molecule has 3 nitrogen and oxygen atoms in total. The highest BCUT2D eigenvalue weighted by Crippen LogP contribution is 2.22. The quantitative estimate of drug-likeness (QED) is 0.794. The summed E-state index contributed by atoms with van der Waals surface area (Å²) in [6.45, 7) is 6.18. The van der Waals surface area contributed by atoms with Crippen molar-refractivity contribution in [3.8, 4) is 5.69 Å². The molecule has 0 saturated heterocycles. The van der Waals surface area contributed by atoms with Gasteiger partial charge in [-0.3, -0.25) is 4.98 Å². The van der Waals surface area contributed by atoms with Gasteiger partial charge < -0.3 is 0 Å². The van der Waals surface area contributed by atoms with Gasteiger partial charge in [0.25, 0.3) is 0 Å². The topological polar surface area (TPSA) is 30.7 Å². The average molecular weight is 266 g/mol.